The molecule has 0 aromatic carbocycles. The normalized spacial score (nSPS) is 19.8. The van der Waals surface area contributed by atoms with Gasteiger partial charge in [-0.15, -0.1) is 0 Å². The van der Waals surface area contributed by atoms with Crippen LogP contribution in [0.2, 0.25) is 0 Å². The van der Waals surface area contributed by atoms with E-state index in [0.717, 1.165) is 5.82 Å². The first-order chi connectivity index (χ1) is 8.99. The van der Waals surface area contributed by atoms with Crippen molar-refractivity contribution in [2.24, 2.45) is 5.73 Å². The van der Waals surface area contributed by atoms with Crippen molar-refractivity contribution in [2.45, 2.75) is 25.8 Å². The van der Waals surface area contributed by atoms with Gasteiger partial charge in [-0.25, -0.2) is 9.97 Å². The lowest BCUT2D eigenvalue weighted by Gasteiger charge is -2.34. The van der Waals surface area contributed by atoms with Crippen LogP contribution in [0.5, 0.6) is 0 Å². The van der Waals surface area contributed by atoms with Gasteiger partial charge in [-0.05, 0) is 15.9 Å². The first-order valence-corrected chi connectivity index (χ1v) is 6.96. The lowest BCUT2D eigenvalue weighted by molar-refractivity contribution is -0.121. The number of rotatable bonds is 3. The van der Waals surface area contributed by atoms with E-state index < -0.39 is 11.9 Å². The van der Waals surface area contributed by atoms with Gasteiger partial charge in [0.15, 0.2) is 0 Å². The standard InChI is InChI=1S/C12H17BrN4O2/c1-7(2)12-15-9(13)5-10(16-12)17-3-4-19-6-8(17)11(14)18/h5,7-8H,3-4,6H2,1-2H3,(H2,14,18). The Morgan fingerprint density at radius 1 is 1.58 bits per heavy atom. The zero-order chi connectivity index (χ0) is 14.0. The van der Waals surface area contributed by atoms with Gasteiger partial charge in [-0.1, -0.05) is 13.8 Å². The van der Waals surface area contributed by atoms with Gasteiger partial charge in [-0.2, -0.15) is 0 Å². The van der Waals surface area contributed by atoms with Crippen molar-refractivity contribution in [3.63, 3.8) is 0 Å². The molecule has 1 aromatic rings. The number of aromatic nitrogens is 2. The molecule has 1 atom stereocenters. The minimum Gasteiger partial charge on any atom is -0.377 e. The van der Waals surface area contributed by atoms with Crippen molar-refractivity contribution < 1.29 is 9.53 Å². The van der Waals surface area contributed by atoms with Gasteiger partial charge in [0, 0.05) is 18.5 Å². The van der Waals surface area contributed by atoms with Crippen molar-refractivity contribution in [3.8, 4) is 0 Å². The molecule has 0 bridgehead atoms. The number of primary amides is 1. The smallest absolute Gasteiger partial charge is 0.242 e. The van der Waals surface area contributed by atoms with E-state index in [1.54, 1.807) is 6.07 Å². The SMILES string of the molecule is CC(C)c1nc(Br)cc(N2CCOCC2C(N)=O)n1. The highest BCUT2D eigenvalue weighted by Gasteiger charge is 2.29. The molecule has 2 rings (SSSR count). The third-order valence-corrected chi connectivity index (χ3v) is 3.37. The Morgan fingerprint density at radius 3 is 2.95 bits per heavy atom. The summed E-state index contributed by atoms with van der Waals surface area (Å²) in [5, 5.41) is 0. The highest BCUT2D eigenvalue weighted by Crippen LogP contribution is 2.23. The molecule has 0 aliphatic carbocycles. The molecule has 1 unspecified atom stereocenters. The van der Waals surface area contributed by atoms with Gasteiger partial charge in [0.2, 0.25) is 5.91 Å². The highest BCUT2D eigenvalue weighted by molar-refractivity contribution is 9.10. The van der Waals surface area contributed by atoms with Crippen LogP contribution in [-0.4, -0.2) is 41.7 Å². The van der Waals surface area contributed by atoms with Gasteiger partial charge in [-0.3, -0.25) is 4.79 Å². The maximum Gasteiger partial charge on any atom is 0.242 e. The number of nitrogens with zero attached hydrogens (tertiary/aromatic N) is 3. The molecule has 1 aromatic heterocycles. The molecule has 1 aliphatic heterocycles. The molecule has 1 amide bonds. The van der Waals surface area contributed by atoms with Crippen LogP contribution in [0.4, 0.5) is 5.82 Å². The van der Waals surface area contributed by atoms with Crippen molar-refractivity contribution in [3.05, 3.63) is 16.5 Å². The van der Waals surface area contributed by atoms with Crippen LogP contribution in [0.3, 0.4) is 0 Å². The molecule has 2 N–H and O–H groups in total. The fourth-order valence-electron chi connectivity index (χ4n) is 1.94. The first-order valence-electron chi connectivity index (χ1n) is 6.17. The Hall–Kier alpha value is -1.21. The number of anilines is 1. The number of nitrogens with two attached hydrogens (primary N) is 1. The molecule has 1 aliphatic rings. The average molecular weight is 329 g/mol. The van der Waals surface area contributed by atoms with Gasteiger partial charge in [0.1, 0.15) is 22.3 Å². The minimum atomic E-state index is -0.476. The van der Waals surface area contributed by atoms with Gasteiger partial charge in [0.05, 0.1) is 13.2 Å². The number of carbonyl (C=O) groups excluding carboxylic acids is 1. The Kier molecular flexibility index (Phi) is 4.36. The monoisotopic (exact) mass is 328 g/mol. The summed E-state index contributed by atoms with van der Waals surface area (Å²) >= 11 is 3.38. The largest absolute Gasteiger partial charge is 0.377 e. The molecular weight excluding hydrogens is 312 g/mol. The zero-order valence-corrected chi connectivity index (χ0v) is 12.6. The lowest BCUT2D eigenvalue weighted by Crippen LogP contribution is -2.53. The second-order valence-corrected chi connectivity index (χ2v) is 5.56. The zero-order valence-electron chi connectivity index (χ0n) is 11.0. The lowest BCUT2D eigenvalue weighted by atomic mass is 10.2. The number of hydrogen-bond acceptors (Lipinski definition) is 5. The van der Waals surface area contributed by atoms with Crippen LogP contribution < -0.4 is 10.6 Å². The number of halogens is 1. The van der Waals surface area contributed by atoms with Crippen LogP contribution in [0, 0.1) is 0 Å². The van der Waals surface area contributed by atoms with Crippen molar-refractivity contribution in [1.29, 1.82) is 0 Å². The summed E-state index contributed by atoms with van der Waals surface area (Å²) in [6.45, 7) is 5.50. The maximum absolute atomic E-state index is 11.5. The van der Waals surface area contributed by atoms with Crippen molar-refractivity contribution >= 4 is 27.7 Å². The van der Waals surface area contributed by atoms with E-state index in [2.05, 4.69) is 25.9 Å². The summed E-state index contributed by atoms with van der Waals surface area (Å²) in [5.74, 6) is 1.25. The third-order valence-electron chi connectivity index (χ3n) is 2.97. The van der Waals surface area contributed by atoms with Gasteiger partial charge >= 0.3 is 0 Å². The van der Waals surface area contributed by atoms with Gasteiger partial charge in [0.25, 0.3) is 0 Å². The van der Waals surface area contributed by atoms with Crippen LogP contribution in [0.1, 0.15) is 25.6 Å². The third kappa shape index (κ3) is 3.22. The minimum absolute atomic E-state index is 0.212. The Bertz CT molecular complexity index is 481. The maximum atomic E-state index is 11.5. The quantitative estimate of drug-likeness (QED) is 0.839. The Labute approximate surface area is 120 Å². The number of morpholine rings is 1. The van der Waals surface area contributed by atoms with E-state index in [1.165, 1.54) is 0 Å². The molecule has 1 fully saturated rings. The van der Waals surface area contributed by atoms with Gasteiger partial charge < -0.3 is 15.4 Å². The fourth-order valence-corrected chi connectivity index (χ4v) is 2.33. The van der Waals surface area contributed by atoms with E-state index in [1.807, 2.05) is 18.7 Å². The second kappa shape index (κ2) is 5.83. The molecule has 6 nitrogen and oxygen atoms in total. The Balaban J connectivity index is 2.35. The summed E-state index contributed by atoms with van der Waals surface area (Å²) in [6.07, 6.45) is 0. The molecule has 0 spiro atoms. The molecule has 0 saturated carbocycles. The van der Waals surface area contributed by atoms with Crippen molar-refractivity contribution in [1.82, 2.24) is 9.97 Å². The van der Waals surface area contributed by atoms with E-state index in [-0.39, 0.29) is 5.92 Å². The molecule has 0 radical (unpaired) electrons. The summed E-state index contributed by atoms with van der Waals surface area (Å²) in [5.41, 5.74) is 5.42. The summed E-state index contributed by atoms with van der Waals surface area (Å²) in [7, 11) is 0. The van der Waals surface area contributed by atoms with E-state index in [9.17, 15) is 4.79 Å². The molecule has 19 heavy (non-hydrogen) atoms. The number of amides is 1. The number of carbonyl (C=O) groups is 1. The Morgan fingerprint density at radius 2 is 2.32 bits per heavy atom. The molecular formula is C12H17BrN4O2. The molecule has 104 valence electrons. The van der Waals surface area contributed by atoms with Crippen LogP contribution in [0.25, 0.3) is 0 Å². The van der Waals surface area contributed by atoms with Crippen LogP contribution in [-0.2, 0) is 9.53 Å². The second-order valence-electron chi connectivity index (χ2n) is 4.75. The predicted octanol–water partition coefficient (Wildman–Crippen LogP) is 1.05. The topological polar surface area (TPSA) is 81.3 Å². The predicted molar refractivity (Wildman–Crippen MR) is 75.0 cm³/mol. The van der Waals surface area contributed by atoms with E-state index in [0.29, 0.717) is 30.2 Å². The van der Waals surface area contributed by atoms with Crippen molar-refractivity contribution in [2.75, 3.05) is 24.7 Å². The van der Waals surface area contributed by atoms with E-state index in [4.69, 9.17) is 10.5 Å². The molecule has 7 heteroatoms. The number of hydrogen-bond donors (Lipinski definition) is 1. The number of ether oxygens (including phenoxy) is 1. The summed E-state index contributed by atoms with van der Waals surface area (Å²) in [4.78, 5) is 22.2. The average Bonchev–Trinajstić information content (AvgIpc) is 2.37. The van der Waals surface area contributed by atoms with Crippen LogP contribution in [0.15, 0.2) is 10.7 Å². The fraction of sp³-hybridized carbons (Fsp3) is 0.583. The summed E-state index contributed by atoms with van der Waals surface area (Å²) in [6, 6.07) is 1.32. The molecule has 1 saturated heterocycles. The highest BCUT2D eigenvalue weighted by atomic mass is 79.9. The summed E-state index contributed by atoms with van der Waals surface area (Å²) < 4.78 is 6.01. The van der Waals surface area contributed by atoms with Crippen LogP contribution >= 0.6 is 15.9 Å². The molecule has 2 heterocycles. The first kappa shape index (κ1) is 14.2. The van der Waals surface area contributed by atoms with E-state index >= 15 is 0 Å².